The van der Waals surface area contributed by atoms with Crippen LogP contribution in [-0.4, -0.2) is 4.57 Å². The van der Waals surface area contributed by atoms with Crippen LogP contribution in [0.1, 0.15) is 42.3 Å². The first kappa shape index (κ1) is 11.8. The summed E-state index contributed by atoms with van der Waals surface area (Å²) in [7, 11) is 0. The third-order valence-electron chi connectivity index (χ3n) is 4.10. The van der Waals surface area contributed by atoms with Gasteiger partial charge >= 0.3 is 0 Å². The minimum atomic E-state index is 0.0905. The first-order valence-electron chi connectivity index (χ1n) is 6.74. The van der Waals surface area contributed by atoms with Gasteiger partial charge in [-0.15, -0.1) is 0 Å². The van der Waals surface area contributed by atoms with Crippen molar-refractivity contribution in [2.45, 2.75) is 46.4 Å². The third-order valence-corrected chi connectivity index (χ3v) is 4.10. The van der Waals surface area contributed by atoms with Gasteiger partial charge in [0.05, 0.1) is 0 Å². The van der Waals surface area contributed by atoms with Gasteiger partial charge in [0.2, 0.25) is 0 Å². The zero-order chi connectivity index (χ0) is 12.9. The van der Waals surface area contributed by atoms with Gasteiger partial charge in [-0.2, -0.15) is 0 Å². The fourth-order valence-corrected chi connectivity index (χ4v) is 3.28. The van der Waals surface area contributed by atoms with Gasteiger partial charge < -0.3 is 15.6 Å². The molecule has 2 aromatic rings. The molecule has 0 saturated heterocycles. The largest absolute Gasteiger partial charge is 0.345 e. The number of nitrogens with two attached hydrogens (primary N) is 1. The third kappa shape index (κ3) is 1.51. The Morgan fingerprint density at radius 3 is 2.61 bits per heavy atom. The zero-order valence-corrected chi connectivity index (χ0v) is 11.4. The molecule has 0 bridgehead atoms. The monoisotopic (exact) mass is 243 g/mol. The van der Waals surface area contributed by atoms with E-state index < -0.39 is 0 Å². The standard InChI is InChI=1S/C15H21N3/c1-4-18-10(3)15(9(2)16)13-5-11-7-17-8-12(11)6-14(13)18/h5-6,9,17H,4,7-8,16H2,1-3H3. The van der Waals surface area contributed by atoms with Crippen LogP contribution in [0.15, 0.2) is 12.1 Å². The molecule has 1 atom stereocenters. The van der Waals surface area contributed by atoms with E-state index in [2.05, 4.69) is 42.8 Å². The topological polar surface area (TPSA) is 43.0 Å². The van der Waals surface area contributed by atoms with E-state index in [-0.39, 0.29) is 6.04 Å². The highest BCUT2D eigenvalue weighted by molar-refractivity contribution is 5.87. The lowest BCUT2D eigenvalue weighted by atomic mass is 10.0. The highest BCUT2D eigenvalue weighted by Gasteiger charge is 2.19. The second-order valence-corrected chi connectivity index (χ2v) is 5.27. The lowest BCUT2D eigenvalue weighted by Crippen LogP contribution is -2.07. The average molecular weight is 243 g/mol. The number of hydrogen-bond donors (Lipinski definition) is 2. The van der Waals surface area contributed by atoms with Gasteiger partial charge in [-0.3, -0.25) is 0 Å². The second kappa shape index (κ2) is 4.11. The van der Waals surface area contributed by atoms with E-state index in [0.29, 0.717) is 0 Å². The Balaban J connectivity index is 2.37. The minimum absolute atomic E-state index is 0.0905. The van der Waals surface area contributed by atoms with Gasteiger partial charge in [-0.1, -0.05) is 0 Å². The maximum absolute atomic E-state index is 6.16. The fraction of sp³-hybridized carbons (Fsp3) is 0.467. The molecule has 3 nitrogen and oxygen atoms in total. The summed E-state index contributed by atoms with van der Waals surface area (Å²) >= 11 is 0. The SMILES string of the molecule is CCn1c(C)c(C(C)N)c2cc3c(cc21)CNC3. The molecule has 1 aromatic heterocycles. The molecule has 0 fully saturated rings. The van der Waals surface area contributed by atoms with Crippen LogP contribution in [0, 0.1) is 6.92 Å². The number of hydrogen-bond acceptors (Lipinski definition) is 2. The highest BCUT2D eigenvalue weighted by Crippen LogP contribution is 2.33. The molecule has 18 heavy (non-hydrogen) atoms. The summed E-state index contributed by atoms with van der Waals surface area (Å²) in [6.45, 7) is 9.44. The molecule has 0 aliphatic carbocycles. The predicted molar refractivity (Wildman–Crippen MR) is 75.5 cm³/mol. The Morgan fingerprint density at radius 1 is 1.33 bits per heavy atom. The molecule has 1 aliphatic heterocycles. The van der Waals surface area contributed by atoms with Crippen LogP contribution in [0.5, 0.6) is 0 Å². The number of aryl methyl sites for hydroxylation is 1. The molecule has 0 radical (unpaired) electrons. The number of nitrogens with one attached hydrogen (secondary N) is 1. The van der Waals surface area contributed by atoms with Gasteiger partial charge in [0.1, 0.15) is 0 Å². The number of rotatable bonds is 2. The van der Waals surface area contributed by atoms with Crippen LogP contribution < -0.4 is 11.1 Å². The van der Waals surface area contributed by atoms with E-state index in [1.165, 1.54) is 33.3 Å². The van der Waals surface area contributed by atoms with Crippen LogP contribution in [0.4, 0.5) is 0 Å². The summed E-state index contributed by atoms with van der Waals surface area (Å²) in [6.07, 6.45) is 0. The lowest BCUT2D eigenvalue weighted by Gasteiger charge is -2.07. The van der Waals surface area contributed by atoms with Crippen LogP contribution in [0.3, 0.4) is 0 Å². The predicted octanol–water partition coefficient (Wildman–Crippen LogP) is 2.59. The van der Waals surface area contributed by atoms with E-state index in [4.69, 9.17) is 5.73 Å². The van der Waals surface area contributed by atoms with E-state index >= 15 is 0 Å². The Morgan fingerprint density at radius 2 is 2.00 bits per heavy atom. The van der Waals surface area contributed by atoms with Crippen molar-refractivity contribution in [1.29, 1.82) is 0 Å². The summed E-state index contributed by atoms with van der Waals surface area (Å²) in [5, 5.41) is 4.75. The van der Waals surface area contributed by atoms with Gasteiger partial charge in [0.15, 0.2) is 0 Å². The number of benzene rings is 1. The first-order chi connectivity index (χ1) is 8.63. The quantitative estimate of drug-likeness (QED) is 0.851. The van der Waals surface area contributed by atoms with Gasteiger partial charge in [-0.05, 0) is 49.6 Å². The zero-order valence-electron chi connectivity index (χ0n) is 11.4. The van der Waals surface area contributed by atoms with E-state index in [9.17, 15) is 0 Å². The molecule has 1 aromatic carbocycles. The smallest absolute Gasteiger partial charge is 0.0489 e. The Bertz CT molecular complexity index is 608. The molecular weight excluding hydrogens is 222 g/mol. The molecule has 0 saturated carbocycles. The minimum Gasteiger partial charge on any atom is -0.345 e. The fourth-order valence-electron chi connectivity index (χ4n) is 3.28. The molecule has 96 valence electrons. The van der Waals surface area contributed by atoms with Crippen LogP contribution in [-0.2, 0) is 19.6 Å². The molecule has 1 aliphatic rings. The Hall–Kier alpha value is -1.32. The van der Waals surface area contributed by atoms with Crippen molar-refractivity contribution in [3.05, 3.63) is 34.5 Å². The Labute approximate surface area is 108 Å². The second-order valence-electron chi connectivity index (χ2n) is 5.27. The molecule has 3 heteroatoms. The summed E-state index contributed by atoms with van der Waals surface area (Å²) in [5.41, 5.74) is 13.0. The van der Waals surface area contributed by atoms with Crippen molar-refractivity contribution >= 4 is 10.9 Å². The van der Waals surface area contributed by atoms with Crippen LogP contribution in [0.2, 0.25) is 0 Å². The molecule has 3 N–H and O–H groups in total. The van der Waals surface area contributed by atoms with Crippen LogP contribution >= 0.6 is 0 Å². The van der Waals surface area contributed by atoms with E-state index in [1.54, 1.807) is 0 Å². The summed E-state index contributed by atoms with van der Waals surface area (Å²) in [4.78, 5) is 0. The van der Waals surface area contributed by atoms with Crippen molar-refractivity contribution in [1.82, 2.24) is 9.88 Å². The number of aromatic nitrogens is 1. The van der Waals surface area contributed by atoms with Crippen molar-refractivity contribution in [3.63, 3.8) is 0 Å². The molecular formula is C15H21N3. The van der Waals surface area contributed by atoms with Crippen molar-refractivity contribution in [3.8, 4) is 0 Å². The maximum Gasteiger partial charge on any atom is 0.0489 e. The number of fused-ring (bicyclic) bond motifs is 2. The normalized spacial score (nSPS) is 16.2. The lowest BCUT2D eigenvalue weighted by molar-refractivity contribution is 0.739. The van der Waals surface area contributed by atoms with Crippen molar-refractivity contribution < 1.29 is 0 Å². The van der Waals surface area contributed by atoms with Crippen LogP contribution in [0.25, 0.3) is 10.9 Å². The molecule has 3 rings (SSSR count). The van der Waals surface area contributed by atoms with Gasteiger partial charge in [0.25, 0.3) is 0 Å². The molecule has 1 unspecified atom stereocenters. The first-order valence-corrected chi connectivity index (χ1v) is 6.74. The summed E-state index contributed by atoms with van der Waals surface area (Å²) in [5.74, 6) is 0. The maximum atomic E-state index is 6.16. The molecule has 0 amide bonds. The van der Waals surface area contributed by atoms with E-state index in [1.807, 2.05) is 0 Å². The highest BCUT2D eigenvalue weighted by atomic mass is 15.0. The molecule has 2 heterocycles. The van der Waals surface area contributed by atoms with Crippen molar-refractivity contribution in [2.24, 2.45) is 5.73 Å². The van der Waals surface area contributed by atoms with Crippen molar-refractivity contribution in [2.75, 3.05) is 0 Å². The Kier molecular flexibility index (Phi) is 2.68. The van der Waals surface area contributed by atoms with Gasteiger partial charge in [0, 0.05) is 42.3 Å². The molecule has 0 spiro atoms. The summed E-state index contributed by atoms with van der Waals surface area (Å²) in [6, 6.07) is 4.77. The average Bonchev–Trinajstić information content (AvgIpc) is 2.86. The van der Waals surface area contributed by atoms with Gasteiger partial charge in [-0.25, -0.2) is 0 Å². The van der Waals surface area contributed by atoms with E-state index in [0.717, 1.165) is 19.6 Å². The number of nitrogens with zero attached hydrogens (tertiary/aromatic N) is 1. The summed E-state index contributed by atoms with van der Waals surface area (Å²) < 4.78 is 2.38.